The third kappa shape index (κ3) is 8.82. The quantitative estimate of drug-likeness (QED) is 0.0380. The van der Waals surface area contributed by atoms with Crippen molar-refractivity contribution in [3.05, 3.63) is 50.6 Å². The van der Waals surface area contributed by atoms with E-state index in [1.54, 1.807) is 0 Å². The second-order valence-electron chi connectivity index (χ2n) is 10.9. The normalized spacial score (nSPS) is 30.2. The predicted molar refractivity (Wildman–Crippen MR) is 171 cm³/mol. The van der Waals surface area contributed by atoms with Crippen molar-refractivity contribution in [2.75, 3.05) is 18.1 Å². The summed E-state index contributed by atoms with van der Waals surface area (Å²) in [5.74, 6) is -2.13. The number of aliphatic hydroxyl groups excluding tert-OH is 5. The Kier molecular flexibility index (Phi) is 12.1. The van der Waals surface area contributed by atoms with Gasteiger partial charge in [0, 0.05) is 16.7 Å². The number of ether oxygens (including phenoxy) is 2. The molecule has 11 atom stereocenters. The highest BCUT2D eigenvalue weighted by atomic mass is 33.1. The van der Waals surface area contributed by atoms with Crippen LogP contribution in [-0.4, -0.2) is 132 Å². The molecule has 0 aliphatic carbocycles. The molecule has 0 amide bonds. The van der Waals surface area contributed by atoms with Crippen molar-refractivity contribution in [3.63, 3.8) is 0 Å². The van der Waals surface area contributed by atoms with Gasteiger partial charge in [0.1, 0.15) is 42.2 Å². The van der Waals surface area contributed by atoms with Crippen molar-refractivity contribution >= 4 is 66.0 Å². The number of anilines is 1. The smallest absolute Gasteiger partial charge is 0.477 e. The number of aromatic amines is 1. The van der Waals surface area contributed by atoms with E-state index >= 15 is 0 Å². The van der Waals surface area contributed by atoms with Crippen LogP contribution in [-0.2, 0) is 32.0 Å². The molecule has 0 bridgehead atoms. The number of fused-ring (bicyclic) bond motifs is 1. The molecule has 2 aromatic heterocycles. The van der Waals surface area contributed by atoms with Crippen molar-refractivity contribution < 1.29 is 82.1 Å². The van der Waals surface area contributed by atoms with Crippen LogP contribution in [0.5, 0.6) is 0 Å². The van der Waals surface area contributed by atoms with Crippen LogP contribution in [0.15, 0.2) is 34.2 Å². The Bertz CT molecular complexity index is 1990. The maximum Gasteiger partial charge on any atom is 0.483 e. The summed E-state index contributed by atoms with van der Waals surface area (Å²) in [4.78, 5) is 64.2. The van der Waals surface area contributed by atoms with E-state index in [4.69, 9.17) is 15.2 Å². The Labute approximate surface area is 296 Å². The standard InChI is InChI=1S/C23H28N6O19P2S2/c24-23-26-18-12(19(35)27-23)25-6-28(18)20-16(33)13(30)10(45-20)4-44-49(40,41)48-50(42,43)47-22-17(34)15(32)14(31)11(46-22)5-51-52-7-1-2-9(29(38)39)8(3-7)21(36)37/h1-3,6,10-11,13-17,20,22,30-34H,4-5H2,(H,36,37)(H,40,41)(H,42,43)(H3,24,26,27,35)/t10-,11+,13+,14-,15-,16?,17+,20-,22?/m1/s1. The Morgan fingerprint density at radius 2 is 1.75 bits per heavy atom. The van der Waals surface area contributed by atoms with Crippen LogP contribution >= 0.6 is 37.2 Å². The Hall–Kier alpha value is -3.08. The molecule has 0 saturated carbocycles. The van der Waals surface area contributed by atoms with Gasteiger partial charge in [-0.25, -0.2) is 18.9 Å². The van der Waals surface area contributed by atoms with Crippen LogP contribution < -0.4 is 11.3 Å². The van der Waals surface area contributed by atoms with Crippen LogP contribution in [0, 0.1) is 10.1 Å². The molecule has 3 aromatic rings. The van der Waals surface area contributed by atoms with E-state index < -0.39 is 105 Å². The maximum atomic E-state index is 12.7. The van der Waals surface area contributed by atoms with Gasteiger partial charge in [0.05, 0.1) is 24.0 Å². The molecule has 286 valence electrons. The van der Waals surface area contributed by atoms with Gasteiger partial charge in [0.25, 0.3) is 11.2 Å². The number of phosphoric ester groups is 2. The Morgan fingerprint density at radius 1 is 1.06 bits per heavy atom. The fourth-order valence-electron chi connectivity index (χ4n) is 4.91. The van der Waals surface area contributed by atoms with Crippen molar-refractivity contribution in [3.8, 4) is 0 Å². The van der Waals surface area contributed by atoms with Crippen molar-refractivity contribution in [2.45, 2.75) is 60.1 Å². The highest BCUT2D eigenvalue weighted by Gasteiger charge is 2.50. The number of phosphoric acid groups is 2. The van der Waals surface area contributed by atoms with Crippen LogP contribution in [0.4, 0.5) is 11.6 Å². The molecular formula is C23H28N6O19P2S2. The van der Waals surface area contributed by atoms with Crippen molar-refractivity contribution in [1.82, 2.24) is 19.5 Å². The number of aromatic nitrogens is 4. The number of carboxylic acids is 1. The lowest BCUT2D eigenvalue weighted by atomic mass is 10.0. The number of hydrogen-bond donors (Lipinski definition) is 10. The molecule has 2 aliphatic rings. The van der Waals surface area contributed by atoms with Crippen LogP contribution in [0.2, 0.25) is 0 Å². The van der Waals surface area contributed by atoms with Gasteiger partial charge in [-0.3, -0.25) is 33.5 Å². The lowest BCUT2D eigenvalue weighted by Crippen LogP contribution is -2.58. The van der Waals surface area contributed by atoms with Crippen LogP contribution in [0.25, 0.3) is 11.2 Å². The number of hydrogen-bond acceptors (Lipinski definition) is 21. The largest absolute Gasteiger partial charge is 0.483 e. The summed E-state index contributed by atoms with van der Waals surface area (Å²) in [7, 11) is -9.56. The number of imidazole rings is 1. The van der Waals surface area contributed by atoms with Crippen molar-refractivity contribution in [2.24, 2.45) is 0 Å². The molecule has 25 nitrogen and oxygen atoms in total. The van der Waals surface area contributed by atoms with Gasteiger partial charge in [-0.15, -0.1) is 0 Å². The fourth-order valence-corrected chi connectivity index (χ4v) is 9.29. The van der Waals surface area contributed by atoms with Gasteiger partial charge in [-0.1, -0.05) is 21.6 Å². The van der Waals surface area contributed by atoms with Crippen molar-refractivity contribution in [1.29, 1.82) is 0 Å². The summed E-state index contributed by atoms with van der Waals surface area (Å²) in [5, 5.41) is 72.3. The molecule has 2 saturated heterocycles. The second kappa shape index (κ2) is 15.7. The van der Waals surface area contributed by atoms with Gasteiger partial charge in [-0.2, -0.15) is 9.29 Å². The molecule has 0 spiro atoms. The average molecular weight is 819 g/mol. The first-order valence-corrected chi connectivity index (χ1v) is 19.5. The van der Waals surface area contributed by atoms with E-state index in [0.717, 1.165) is 44.6 Å². The SMILES string of the molecule is Nc1nc2c(ncn2[C@@H]2O[C@H](COP(=O)(O)OP(=O)(O)OC3O[C@@H](CSSc4ccc([N+](=O)[O-])c(C(=O)O)c4)[C@@H](O)[C@@H](O)[C@@H]3O)[C@H](O)C2O)c(=O)[nH]1. The molecule has 5 rings (SSSR count). The third-order valence-corrected chi connectivity index (χ3v) is 12.3. The first kappa shape index (κ1) is 40.1. The van der Waals surface area contributed by atoms with Gasteiger partial charge < -0.3 is 55.6 Å². The number of carbonyl (C=O) groups is 1. The summed E-state index contributed by atoms with van der Waals surface area (Å²) in [6.07, 6.45) is -15.3. The number of benzene rings is 1. The monoisotopic (exact) mass is 818 g/mol. The highest BCUT2D eigenvalue weighted by molar-refractivity contribution is 8.76. The number of nitro benzene ring substituents is 1. The van der Waals surface area contributed by atoms with E-state index in [-0.39, 0.29) is 27.8 Å². The number of nitrogens with one attached hydrogen (secondary N) is 1. The Morgan fingerprint density at radius 3 is 2.42 bits per heavy atom. The van der Waals surface area contributed by atoms with Crippen LogP contribution in [0.3, 0.4) is 0 Å². The van der Waals surface area contributed by atoms with Gasteiger partial charge in [-0.05, 0) is 12.1 Å². The minimum Gasteiger partial charge on any atom is -0.477 e. The zero-order valence-corrected chi connectivity index (χ0v) is 29.0. The maximum absolute atomic E-state index is 12.7. The number of carboxylic acid groups (broad SMARTS) is 1. The topological polar surface area (TPSA) is 392 Å². The molecule has 0 radical (unpaired) electrons. The average Bonchev–Trinajstić information content (AvgIpc) is 3.60. The molecule has 2 aliphatic heterocycles. The number of rotatable bonds is 14. The van der Waals surface area contributed by atoms with E-state index in [0.29, 0.717) is 0 Å². The zero-order valence-electron chi connectivity index (χ0n) is 25.6. The van der Waals surface area contributed by atoms with Gasteiger partial charge >= 0.3 is 21.6 Å². The number of H-pyrrole nitrogens is 1. The Balaban J connectivity index is 1.17. The first-order chi connectivity index (χ1) is 24.3. The van der Waals surface area contributed by atoms with Gasteiger partial charge in [0.15, 0.2) is 23.7 Å². The van der Waals surface area contributed by atoms with E-state index in [9.17, 15) is 69.3 Å². The number of nitro groups is 1. The third-order valence-electron chi connectivity index (χ3n) is 7.36. The summed E-state index contributed by atoms with van der Waals surface area (Å²) in [5.41, 5.74) is 3.25. The van der Waals surface area contributed by atoms with E-state index in [2.05, 4.69) is 28.3 Å². The van der Waals surface area contributed by atoms with Gasteiger partial charge in [0.2, 0.25) is 5.95 Å². The minimum atomic E-state index is -5.73. The summed E-state index contributed by atoms with van der Waals surface area (Å²) >= 11 is 0. The molecule has 4 heterocycles. The first-order valence-electron chi connectivity index (χ1n) is 14.2. The van der Waals surface area contributed by atoms with E-state index in [1.807, 2.05) is 0 Å². The van der Waals surface area contributed by atoms with Crippen LogP contribution in [0.1, 0.15) is 16.6 Å². The highest BCUT2D eigenvalue weighted by Crippen LogP contribution is 2.61. The molecule has 2 fully saturated rings. The fraction of sp³-hybridized carbons (Fsp3) is 0.478. The molecule has 1 aromatic carbocycles. The molecule has 52 heavy (non-hydrogen) atoms. The second-order valence-corrected chi connectivity index (χ2v) is 16.3. The molecule has 4 unspecified atom stereocenters. The summed E-state index contributed by atoms with van der Waals surface area (Å²) in [6, 6.07) is 3.24. The predicted octanol–water partition coefficient (Wildman–Crippen LogP) is -1.57. The molecule has 11 N–H and O–H groups in total. The number of aliphatic hydroxyl groups is 5. The van der Waals surface area contributed by atoms with E-state index in [1.165, 1.54) is 6.07 Å². The number of aromatic carboxylic acids is 1. The lowest BCUT2D eigenvalue weighted by molar-refractivity contribution is -0.385. The molecular weight excluding hydrogens is 790 g/mol. The lowest BCUT2D eigenvalue weighted by Gasteiger charge is -2.40. The number of nitrogens with zero attached hydrogens (tertiary/aromatic N) is 4. The number of nitrogen functional groups attached to an aromatic ring is 1. The minimum absolute atomic E-state index is 0.142. The number of nitrogens with two attached hydrogens (primary N) is 1. The molecule has 29 heteroatoms. The zero-order chi connectivity index (χ0) is 38.3. The summed E-state index contributed by atoms with van der Waals surface area (Å²) in [6.45, 7) is -1.04. The summed E-state index contributed by atoms with van der Waals surface area (Å²) < 4.78 is 50.7.